The average Bonchev–Trinajstić information content (AvgIpc) is 2.73. The molecule has 1 heterocycles. The number of nitrogens with zero attached hydrogens (tertiary/aromatic N) is 2. The maximum Gasteiger partial charge on any atom is 0.258 e. The Kier molecular flexibility index (Phi) is 6.23. The van der Waals surface area contributed by atoms with Crippen LogP contribution in [0.25, 0.3) is 0 Å². The number of hydrogen-bond acceptors (Lipinski definition) is 6. The first-order valence-electron chi connectivity index (χ1n) is 8.69. The number of anilines is 1. The highest BCUT2D eigenvalue weighted by Crippen LogP contribution is 2.28. The van der Waals surface area contributed by atoms with Gasteiger partial charge in [-0.05, 0) is 24.3 Å². The van der Waals surface area contributed by atoms with Gasteiger partial charge in [-0.1, -0.05) is 29.8 Å². The molecule has 1 aliphatic rings. The molecular weight excluding hydrogens is 420 g/mol. The molecule has 29 heavy (non-hydrogen) atoms. The van der Waals surface area contributed by atoms with Crippen LogP contribution in [0.4, 0.5) is 5.69 Å². The summed E-state index contributed by atoms with van der Waals surface area (Å²) in [6.45, 7) is 0.932. The molecule has 1 aliphatic heterocycles. The summed E-state index contributed by atoms with van der Waals surface area (Å²) in [4.78, 5) is 25.2. The SMILES string of the molecule is CN(C(=O)c1ccc(Cl)c(S(=O)(=O)N2CCOCC2)c1)c1ccccc1C(=O)[O-]. The fourth-order valence-corrected chi connectivity index (χ4v) is 4.91. The molecule has 154 valence electrons. The molecule has 3 rings (SSSR count). The van der Waals surface area contributed by atoms with Crippen LogP contribution < -0.4 is 10.0 Å². The van der Waals surface area contributed by atoms with Crippen molar-refractivity contribution in [3.8, 4) is 0 Å². The lowest BCUT2D eigenvalue weighted by atomic mass is 10.1. The molecule has 1 saturated heterocycles. The van der Waals surface area contributed by atoms with Crippen molar-refractivity contribution in [2.75, 3.05) is 38.3 Å². The van der Waals surface area contributed by atoms with Gasteiger partial charge in [0.15, 0.2) is 0 Å². The van der Waals surface area contributed by atoms with Gasteiger partial charge in [-0.3, -0.25) is 4.79 Å². The quantitative estimate of drug-likeness (QED) is 0.690. The summed E-state index contributed by atoms with van der Waals surface area (Å²) in [5, 5.41) is 11.3. The van der Waals surface area contributed by atoms with Gasteiger partial charge in [0.05, 0.1) is 29.9 Å². The van der Waals surface area contributed by atoms with Gasteiger partial charge in [0, 0.05) is 31.3 Å². The fraction of sp³-hybridized carbons (Fsp3) is 0.263. The van der Waals surface area contributed by atoms with Gasteiger partial charge < -0.3 is 19.5 Å². The molecule has 0 saturated carbocycles. The van der Waals surface area contributed by atoms with E-state index in [0.717, 1.165) is 4.90 Å². The zero-order valence-electron chi connectivity index (χ0n) is 15.5. The zero-order valence-corrected chi connectivity index (χ0v) is 17.1. The van der Waals surface area contributed by atoms with Crippen molar-refractivity contribution < 1.29 is 27.9 Å². The second-order valence-corrected chi connectivity index (χ2v) is 8.64. The second-order valence-electron chi connectivity index (χ2n) is 6.33. The summed E-state index contributed by atoms with van der Waals surface area (Å²) in [6.07, 6.45) is 0. The summed E-state index contributed by atoms with van der Waals surface area (Å²) >= 11 is 6.12. The topological polar surface area (TPSA) is 107 Å². The molecule has 0 aromatic heterocycles. The number of halogens is 1. The van der Waals surface area contributed by atoms with Crippen LogP contribution in [0, 0.1) is 0 Å². The lowest BCUT2D eigenvalue weighted by molar-refractivity contribution is -0.254. The van der Waals surface area contributed by atoms with Crippen LogP contribution in [-0.4, -0.2) is 58.0 Å². The Balaban J connectivity index is 1.97. The Hall–Kier alpha value is -2.46. The summed E-state index contributed by atoms with van der Waals surface area (Å²) in [5.41, 5.74) is 0.0281. The molecule has 0 N–H and O–H groups in total. The number of para-hydroxylation sites is 1. The first-order valence-corrected chi connectivity index (χ1v) is 10.5. The molecule has 8 nitrogen and oxygen atoms in total. The number of morpholine rings is 1. The van der Waals surface area contributed by atoms with E-state index in [1.54, 1.807) is 6.07 Å². The second kappa shape index (κ2) is 8.50. The Bertz CT molecular complexity index is 1050. The van der Waals surface area contributed by atoms with Crippen molar-refractivity contribution >= 4 is 39.2 Å². The van der Waals surface area contributed by atoms with Gasteiger partial charge in [-0.2, -0.15) is 4.31 Å². The number of ether oxygens (including phenoxy) is 1. The number of carbonyl (C=O) groups excluding carboxylic acids is 2. The maximum atomic E-state index is 12.9. The zero-order chi connectivity index (χ0) is 21.2. The summed E-state index contributed by atoms with van der Waals surface area (Å²) in [7, 11) is -2.52. The van der Waals surface area contributed by atoms with E-state index in [0.29, 0.717) is 0 Å². The molecule has 0 unspecified atom stereocenters. The molecule has 2 aromatic carbocycles. The first kappa shape index (κ1) is 21.3. The lowest BCUT2D eigenvalue weighted by Gasteiger charge is -2.27. The Morgan fingerprint density at radius 1 is 1.14 bits per heavy atom. The van der Waals surface area contributed by atoms with E-state index in [4.69, 9.17) is 16.3 Å². The number of sulfonamides is 1. The first-order chi connectivity index (χ1) is 13.7. The molecule has 1 amide bonds. The number of carboxylic acid groups (broad SMARTS) is 1. The Morgan fingerprint density at radius 2 is 1.79 bits per heavy atom. The molecule has 0 aliphatic carbocycles. The Morgan fingerprint density at radius 3 is 2.45 bits per heavy atom. The van der Waals surface area contributed by atoms with Crippen molar-refractivity contribution in [1.82, 2.24) is 4.31 Å². The summed E-state index contributed by atoms with van der Waals surface area (Å²) in [5.74, 6) is -2.01. The molecule has 0 radical (unpaired) electrons. The third-order valence-electron chi connectivity index (χ3n) is 4.56. The van der Waals surface area contributed by atoms with Gasteiger partial charge >= 0.3 is 0 Å². The van der Waals surface area contributed by atoms with Crippen molar-refractivity contribution in [2.24, 2.45) is 0 Å². The third kappa shape index (κ3) is 4.27. The molecule has 0 spiro atoms. The van der Waals surface area contributed by atoms with Crippen LogP contribution in [-0.2, 0) is 14.8 Å². The van der Waals surface area contributed by atoms with E-state index in [-0.39, 0.29) is 53.0 Å². The van der Waals surface area contributed by atoms with E-state index in [1.807, 2.05) is 0 Å². The number of rotatable bonds is 5. The number of hydrogen-bond donors (Lipinski definition) is 0. The maximum absolute atomic E-state index is 12.9. The highest BCUT2D eigenvalue weighted by molar-refractivity contribution is 7.89. The number of amides is 1. The van der Waals surface area contributed by atoms with Gasteiger partial charge in [0.25, 0.3) is 5.91 Å². The van der Waals surface area contributed by atoms with Gasteiger partial charge in [-0.15, -0.1) is 0 Å². The number of carboxylic acids is 1. The van der Waals surface area contributed by atoms with Crippen molar-refractivity contribution in [1.29, 1.82) is 0 Å². The van der Waals surface area contributed by atoms with E-state index < -0.39 is 21.9 Å². The summed E-state index contributed by atoms with van der Waals surface area (Å²) in [6, 6.07) is 9.81. The highest BCUT2D eigenvalue weighted by Gasteiger charge is 2.29. The van der Waals surface area contributed by atoms with Crippen LogP contribution in [0.1, 0.15) is 20.7 Å². The number of benzene rings is 2. The van der Waals surface area contributed by atoms with Crippen LogP contribution in [0.15, 0.2) is 47.4 Å². The monoisotopic (exact) mass is 437 g/mol. The minimum Gasteiger partial charge on any atom is -0.545 e. The van der Waals surface area contributed by atoms with Crippen LogP contribution in [0.3, 0.4) is 0 Å². The normalized spacial score (nSPS) is 15.1. The van der Waals surface area contributed by atoms with E-state index in [2.05, 4.69) is 0 Å². The highest BCUT2D eigenvalue weighted by atomic mass is 35.5. The van der Waals surface area contributed by atoms with Crippen LogP contribution in [0.2, 0.25) is 5.02 Å². The predicted molar refractivity (Wildman–Crippen MR) is 105 cm³/mol. The van der Waals surface area contributed by atoms with Crippen LogP contribution >= 0.6 is 11.6 Å². The molecular formula is C19H18ClN2O6S-. The minimum absolute atomic E-state index is 0.00849. The molecule has 0 atom stereocenters. The molecule has 0 bridgehead atoms. The number of carbonyl (C=O) groups is 2. The average molecular weight is 438 g/mol. The lowest BCUT2D eigenvalue weighted by Crippen LogP contribution is -2.40. The fourth-order valence-electron chi connectivity index (χ4n) is 3.00. The van der Waals surface area contributed by atoms with Gasteiger partial charge in [0.2, 0.25) is 10.0 Å². The third-order valence-corrected chi connectivity index (χ3v) is 6.94. The smallest absolute Gasteiger partial charge is 0.258 e. The minimum atomic E-state index is -3.91. The van der Waals surface area contributed by atoms with Gasteiger partial charge in [-0.25, -0.2) is 8.42 Å². The van der Waals surface area contributed by atoms with Crippen LogP contribution in [0.5, 0.6) is 0 Å². The number of aromatic carboxylic acids is 1. The Labute approximate surface area is 173 Å². The van der Waals surface area contributed by atoms with Crippen molar-refractivity contribution in [3.63, 3.8) is 0 Å². The van der Waals surface area contributed by atoms with Crippen molar-refractivity contribution in [3.05, 3.63) is 58.6 Å². The van der Waals surface area contributed by atoms with E-state index in [9.17, 15) is 23.1 Å². The summed E-state index contributed by atoms with van der Waals surface area (Å²) < 4.78 is 32.3. The van der Waals surface area contributed by atoms with Crippen molar-refractivity contribution in [2.45, 2.75) is 4.90 Å². The largest absolute Gasteiger partial charge is 0.545 e. The molecule has 10 heteroatoms. The van der Waals surface area contributed by atoms with Gasteiger partial charge in [0.1, 0.15) is 4.90 Å². The standard InChI is InChI=1S/C19H19ClN2O6S/c1-21(16-5-3-2-4-14(16)19(24)25)18(23)13-6-7-15(20)17(12-13)29(26,27)22-8-10-28-11-9-22/h2-7,12H,8-11H2,1H3,(H,24,25)/p-1. The predicted octanol–water partition coefficient (Wildman–Crippen LogP) is 1.00. The van der Waals surface area contributed by atoms with E-state index >= 15 is 0 Å². The van der Waals surface area contributed by atoms with E-state index in [1.165, 1.54) is 47.8 Å². The molecule has 1 fully saturated rings. The molecule has 2 aromatic rings.